The smallest absolute Gasteiger partial charge is 0.351 e. The molecule has 2 aromatic rings. The summed E-state index contributed by atoms with van der Waals surface area (Å²) in [6.45, 7) is 3.72. The SMILES string of the molecule is CCCC1CCN(c2[nH]nc(Nc3cccc(F)c3)c2[N+](=O)[O-])CC1. The van der Waals surface area contributed by atoms with E-state index in [2.05, 4.69) is 22.4 Å². The van der Waals surface area contributed by atoms with Crippen LogP contribution in [-0.2, 0) is 0 Å². The number of rotatable bonds is 6. The van der Waals surface area contributed by atoms with E-state index in [-0.39, 0.29) is 11.5 Å². The van der Waals surface area contributed by atoms with Crippen LogP contribution < -0.4 is 10.2 Å². The molecule has 0 spiro atoms. The first-order valence-corrected chi connectivity index (χ1v) is 8.58. The number of halogens is 1. The van der Waals surface area contributed by atoms with Gasteiger partial charge in [-0.25, -0.2) is 4.39 Å². The first-order chi connectivity index (χ1) is 12.1. The lowest BCUT2D eigenvalue weighted by Gasteiger charge is -2.31. The number of aromatic nitrogens is 2. The van der Waals surface area contributed by atoms with Crippen molar-refractivity contribution in [2.24, 2.45) is 5.92 Å². The molecule has 3 rings (SSSR count). The van der Waals surface area contributed by atoms with Crippen molar-refractivity contribution in [3.05, 3.63) is 40.2 Å². The Kier molecular flexibility index (Phi) is 5.16. The standard InChI is InChI=1S/C17H22FN5O2/c1-2-4-12-7-9-22(10-8-12)17-15(23(24)25)16(20-21-17)19-14-6-3-5-13(18)11-14/h3,5-6,11-12H,2,4,7-10H2,1H3,(H2,19,20,21). The van der Waals surface area contributed by atoms with Crippen LogP contribution in [0.25, 0.3) is 0 Å². The molecule has 1 saturated heterocycles. The van der Waals surface area contributed by atoms with Crippen molar-refractivity contribution in [1.29, 1.82) is 0 Å². The van der Waals surface area contributed by atoms with Gasteiger partial charge in [0.25, 0.3) is 0 Å². The van der Waals surface area contributed by atoms with Crippen molar-refractivity contribution in [2.45, 2.75) is 32.6 Å². The van der Waals surface area contributed by atoms with E-state index in [0.29, 0.717) is 17.4 Å². The van der Waals surface area contributed by atoms with Gasteiger partial charge in [0.15, 0.2) is 0 Å². The Hall–Kier alpha value is -2.64. The zero-order valence-electron chi connectivity index (χ0n) is 14.2. The molecule has 7 nitrogen and oxygen atoms in total. The van der Waals surface area contributed by atoms with E-state index in [1.54, 1.807) is 6.07 Å². The van der Waals surface area contributed by atoms with Crippen LogP contribution in [0.1, 0.15) is 32.6 Å². The van der Waals surface area contributed by atoms with E-state index in [1.165, 1.54) is 24.6 Å². The number of aromatic amines is 1. The molecule has 1 fully saturated rings. The van der Waals surface area contributed by atoms with Crippen LogP contribution in [0.4, 0.5) is 27.4 Å². The monoisotopic (exact) mass is 347 g/mol. The van der Waals surface area contributed by atoms with Crippen LogP contribution in [0.5, 0.6) is 0 Å². The fourth-order valence-electron chi connectivity index (χ4n) is 3.36. The predicted octanol–water partition coefficient (Wildman–Crippen LogP) is 4.22. The number of nitrogens with zero attached hydrogens (tertiary/aromatic N) is 3. The highest BCUT2D eigenvalue weighted by Crippen LogP contribution is 2.36. The predicted molar refractivity (Wildman–Crippen MR) is 94.8 cm³/mol. The third kappa shape index (κ3) is 3.89. The maximum Gasteiger partial charge on any atom is 0.354 e. The Balaban J connectivity index is 1.79. The van der Waals surface area contributed by atoms with E-state index in [1.807, 2.05) is 4.90 Å². The fraction of sp³-hybridized carbons (Fsp3) is 0.471. The second-order valence-electron chi connectivity index (χ2n) is 6.38. The molecule has 0 aliphatic carbocycles. The summed E-state index contributed by atoms with van der Waals surface area (Å²) in [5.41, 5.74) is 0.320. The number of benzene rings is 1. The molecular weight excluding hydrogens is 325 g/mol. The van der Waals surface area contributed by atoms with E-state index >= 15 is 0 Å². The lowest BCUT2D eigenvalue weighted by Crippen LogP contribution is -2.34. The molecule has 0 atom stereocenters. The number of hydrogen-bond donors (Lipinski definition) is 2. The molecule has 2 heterocycles. The van der Waals surface area contributed by atoms with Crippen LogP contribution in [0.2, 0.25) is 0 Å². The molecule has 8 heteroatoms. The molecule has 0 radical (unpaired) electrons. The van der Waals surface area contributed by atoms with Gasteiger partial charge in [0, 0.05) is 18.8 Å². The molecule has 134 valence electrons. The molecule has 0 bridgehead atoms. The Labute approximate surface area is 145 Å². The first-order valence-electron chi connectivity index (χ1n) is 8.58. The summed E-state index contributed by atoms with van der Waals surface area (Å²) < 4.78 is 13.3. The zero-order valence-corrected chi connectivity index (χ0v) is 14.2. The maximum atomic E-state index is 13.3. The topological polar surface area (TPSA) is 87.1 Å². The molecule has 0 saturated carbocycles. The summed E-state index contributed by atoms with van der Waals surface area (Å²) in [7, 11) is 0. The molecule has 1 aliphatic rings. The van der Waals surface area contributed by atoms with Crippen LogP contribution in [0, 0.1) is 21.8 Å². The highest BCUT2D eigenvalue weighted by atomic mass is 19.1. The Bertz CT molecular complexity index is 740. The summed E-state index contributed by atoms with van der Waals surface area (Å²) in [5.74, 6) is 0.787. The lowest BCUT2D eigenvalue weighted by atomic mass is 9.92. The van der Waals surface area contributed by atoms with E-state index in [4.69, 9.17) is 0 Å². The van der Waals surface area contributed by atoms with Gasteiger partial charge in [-0.15, -0.1) is 5.10 Å². The summed E-state index contributed by atoms with van der Waals surface area (Å²) in [6, 6.07) is 5.76. The van der Waals surface area contributed by atoms with E-state index in [0.717, 1.165) is 32.4 Å². The zero-order chi connectivity index (χ0) is 17.8. The molecule has 25 heavy (non-hydrogen) atoms. The molecule has 1 aromatic carbocycles. The summed E-state index contributed by atoms with van der Waals surface area (Å²) in [5, 5.41) is 21.2. The third-order valence-electron chi connectivity index (χ3n) is 4.62. The summed E-state index contributed by atoms with van der Waals surface area (Å²) in [6.07, 6.45) is 4.41. The van der Waals surface area contributed by atoms with Gasteiger partial charge >= 0.3 is 5.69 Å². The van der Waals surface area contributed by atoms with Crippen molar-refractivity contribution in [1.82, 2.24) is 10.2 Å². The average molecular weight is 347 g/mol. The van der Waals surface area contributed by atoms with Gasteiger partial charge in [0.05, 0.1) is 4.92 Å². The number of H-pyrrole nitrogens is 1. The van der Waals surface area contributed by atoms with Gasteiger partial charge in [0.2, 0.25) is 11.6 Å². The minimum atomic E-state index is -0.446. The molecule has 1 aromatic heterocycles. The number of hydrogen-bond acceptors (Lipinski definition) is 5. The lowest BCUT2D eigenvalue weighted by molar-refractivity contribution is -0.383. The third-order valence-corrected chi connectivity index (χ3v) is 4.62. The molecule has 0 amide bonds. The Morgan fingerprint density at radius 3 is 2.84 bits per heavy atom. The Morgan fingerprint density at radius 1 is 1.44 bits per heavy atom. The van der Waals surface area contributed by atoms with Crippen molar-refractivity contribution < 1.29 is 9.31 Å². The normalized spacial score (nSPS) is 15.4. The fourth-order valence-corrected chi connectivity index (χ4v) is 3.36. The van der Waals surface area contributed by atoms with Crippen LogP contribution in [0.15, 0.2) is 24.3 Å². The van der Waals surface area contributed by atoms with Crippen molar-refractivity contribution in [2.75, 3.05) is 23.3 Å². The van der Waals surface area contributed by atoms with Gasteiger partial charge in [-0.3, -0.25) is 15.2 Å². The highest BCUT2D eigenvalue weighted by molar-refractivity contribution is 5.75. The second-order valence-corrected chi connectivity index (χ2v) is 6.38. The van der Waals surface area contributed by atoms with Crippen LogP contribution in [0.3, 0.4) is 0 Å². The molecule has 1 aliphatic heterocycles. The summed E-state index contributed by atoms with van der Waals surface area (Å²) in [4.78, 5) is 13.1. The van der Waals surface area contributed by atoms with Crippen LogP contribution in [-0.4, -0.2) is 28.2 Å². The number of nitrogens with one attached hydrogen (secondary N) is 2. The van der Waals surface area contributed by atoms with Gasteiger partial charge in [-0.2, -0.15) is 0 Å². The molecule has 0 unspecified atom stereocenters. The average Bonchev–Trinajstić information content (AvgIpc) is 3.00. The number of nitro groups is 1. The molecule has 2 N–H and O–H groups in total. The van der Waals surface area contributed by atoms with Crippen molar-refractivity contribution in [3.8, 4) is 0 Å². The first kappa shape index (κ1) is 17.2. The molecular formula is C17H22FN5O2. The number of piperidine rings is 1. The van der Waals surface area contributed by atoms with Crippen molar-refractivity contribution in [3.63, 3.8) is 0 Å². The maximum absolute atomic E-state index is 13.3. The minimum absolute atomic E-state index is 0.0984. The highest BCUT2D eigenvalue weighted by Gasteiger charge is 2.30. The quantitative estimate of drug-likeness (QED) is 0.603. The van der Waals surface area contributed by atoms with Gasteiger partial charge in [-0.05, 0) is 37.0 Å². The number of anilines is 3. The van der Waals surface area contributed by atoms with Gasteiger partial charge < -0.3 is 10.2 Å². The van der Waals surface area contributed by atoms with E-state index in [9.17, 15) is 14.5 Å². The second kappa shape index (κ2) is 7.50. The van der Waals surface area contributed by atoms with Gasteiger partial charge in [-0.1, -0.05) is 25.8 Å². The minimum Gasteiger partial charge on any atom is -0.351 e. The van der Waals surface area contributed by atoms with Crippen molar-refractivity contribution >= 4 is 23.0 Å². The summed E-state index contributed by atoms with van der Waals surface area (Å²) >= 11 is 0. The van der Waals surface area contributed by atoms with Crippen LogP contribution >= 0.6 is 0 Å². The van der Waals surface area contributed by atoms with E-state index < -0.39 is 10.7 Å². The van der Waals surface area contributed by atoms with Gasteiger partial charge in [0.1, 0.15) is 5.82 Å². The Morgan fingerprint density at radius 2 is 2.20 bits per heavy atom. The largest absolute Gasteiger partial charge is 0.354 e.